The topological polar surface area (TPSA) is 90.9 Å². The number of pyridine rings is 1. The summed E-state index contributed by atoms with van der Waals surface area (Å²) in [4.78, 5) is 14.8. The number of aromatic amines is 1. The molecule has 78 valence electrons. The lowest BCUT2D eigenvalue weighted by molar-refractivity contribution is 0.0692. The van der Waals surface area contributed by atoms with E-state index in [-0.39, 0.29) is 10.8 Å². The van der Waals surface area contributed by atoms with E-state index in [0.29, 0.717) is 16.7 Å². The molecule has 0 atom stereocenters. The predicted octanol–water partition coefficient (Wildman–Crippen LogP) is 1.35. The zero-order valence-electron chi connectivity index (χ0n) is 7.71. The van der Waals surface area contributed by atoms with E-state index in [1.54, 1.807) is 7.05 Å². The third-order valence-corrected chi connectivity index (χ3v) is 2.15. The number of anilines is 1. The molecule has 0 spiro atoms. The summed E-state index contributed by atoms with van der Waals surface area (Å²) in [6, 6.07) is 1.52. The first-order valence-electron chi connectivity index (χ1n) is 4.09. The number of halogens is 1. The summed E-state index contributed by atoms with van der Waals surface area (Å²) >= 11 is 5.75. The van der Waals surface area contributed by atoms with Crippen molar-refractivity contribution in [3.05, 3.63) is 16.9 Å². The quantitative estimate of drug-likeness (QED) is 0.673. The highest BCUT2D eigenvalue weighted by atomic mass is 35.5. The van der Waals surface area contributed by atoms with Gasteiger partial charge in [0.25, 0.3) is 0 Å². The van der Waals surface area contributed by atoms with Crippen LogP contribution in [-0.4, -0.2) is 33.3 Å². The first kappa shape index (κ1) is 9.72. The number of carbonyl (C=O) groups is 1. The normalized spacial score (nSPS) is 10.5. The van der Waals surface area contributed by atoms with E-state index in [2.05, 4.69) is 20.5 Å². The molecule has 2 heterocycles. The van der Waals surface area contributed by atoms with E-state index in [0.717, 1.165) is 0 Å². The monoisotopic (exact) mass is 226 g/mol. The predicted molar refractivity (Wildman–Crippen MR) is 55.4 cm³/mol. The van der Waals surface area contributed by atoms with Crippen molar-refractivity contribution < 1.29 is 9.90 Å². The van der Waals surface area contributed by atoms with Gasteiger partial charge < -0.3 is 10.4 Å². The number of carboxylic acids is 1. The van der Waals surface area contributed by atoms with Crippen LogP contribution in [0.25, 0.3) is 10.9 Å². The highest BCUT2D eigenvalue weighted by Crippen LogP contribution is 2.25. The average molecular weight is 227 g/mol. The fourth-order valence-corrected chi connectivity index (χ4v) is 1.54. The van der Waals surface area contributed by atoms with Crippen molar-refractivity contribution in [3.8, 4) is 0 Å². The lowest BCUT2D eigenvalue weighted by Crippen LogP contribution is -2.00. The molecular weight excluding hydrogens is 220 g/mol. The van der Waals surface area contributed by atoms with Crippen LogP contribution in [0.4, 0.5) is 5.82 Å². The molecule has 0 saturated heterocycles. The van der Waals surface area contributed by atoms with Crippen LogP contribution in [-0.2, 0) is 0 Å². The molecule has 7 heteroatoms. The number of hydrogen-bond donors (Lipinski definition) is 3. The average Bonchev–Trinajstić information content (AvgIpc) is 2.59. The maximum atomic E-state index is 10.9. The molecule has 0 aliphatic heterocycles. The van der Waals surface area contributed by atoms with E-state index < -0.39 is 5.97 Å². The van der Waals surface area contributed by atoms with Gasteiger partial charge in [0, 0.05) is 13.1 Å². The number of carboxylic acid groups (broad SMARTS) is 1. The van der Waals surface area contributed by atoms with Gasteiger partial charge in [0.05, 0.1) is 10.9 Å². The van der Waals surface area contributed by atoms with Crippen molar-refractivity contribution in [2.45, 2.75) is 0 Å². The van der Waals surface area contributed by atoms with Gasteiger partial charge in [0.2, 0.25) is 0 Å². The molecule has 0 unspecified atom stereocenters. The van der Waals surface area contributed by atoms with Gasteiger partial charge in [-0.1, -0.05) is 11.6 Å². The Morgan fingerprint density at radius 3 is 3.00 bits per heavy atom. The van der Waals surface area contributed by atoms with Crippen LogP contribution >= 0.6 is 11.6 Å². The Hall–Kier alpha value is -1.82. The summed E-state index contributed by atoms with van der Waals surface area (Å²) in [5, 5.41) is 18.6. The number of nitrogens with zero attached hydrogens (tertiary/aromatic N) is 2. The van der Waals surface area contributed by atoms with E-state index in [1.807, 2.05) is 0 Å². The van der Waals surface area contributed by atoms with Crippen molar-refractivity contribution in [3.63, 3.8) is 0 Å². The van der Waals surface area contributed by atoms with Crippen molar-refractivity contribution in [2.75, 3.05) is 12.4 Å². The molecule has 15 heavy (non-hydrogen) atoms. The fourth-order valence-electron chi connectivity index (χ4n) is 1.35. The Morgan fingerprint density at radius 2 is 2.40 bits per heavy atom. The molecule has 0 bridgehead atoms. The van der Waals surface area contributed by atoms with Crippen molar-refractivity contribution in [1.29, 1.82) is 0 Å². The van der Waals surface area contributed by atoms with Gasteiger partial charge in [-0.05, 0) is 0 Å². The maximum absolute atomic E-state index is 10.9. The zero-order valence-corrected chi connectivity index (χ0v) is 8.46. The summed E-state index contributed by atoms with van der Waals surface area (Å²) in [7, 11) is 1.64. The molecule has 0 fully saturated rings. The second kappa shape index (κ2) is 3.39. The molecule has 2 aromatic rings. The van der Waals surface area contributed by atoms with Gasteiger partial charge in [0.15, 0.2) is 5.69 Å². The van der Waals surface area contributed by atoms with Crippen molar-refractivity contribution in [2.24, 2.45) is 0 Å². The van der Waals surface area contributed by atoms with E-state index >= 15 is 0 Å². The van der Waals surface area contributed by atoms with Crippen LogP contribution in [0.2, 0.25) is 5.15 Å². The zero-order chi connectivity index (χ0) is 11.0. The number of H-pyrrole nitrogens is 1. The summed E-state index contributed by atoms with van der Waals surface area (Å²) in [6.45, 7) is 0. The first-order chi connectivity index (χ1) is 7.13. The maximum Gasteiger partial charge on any atom is 0.357 e. The third-order valence-electron chi connectivity index (χ3n) is 1.95. The highest BCUT2D eigenvalue weighted by Gasteiger charge is 2.17. The second-order valence-corrected chi connectivity index (χ2v) is 3.23. The number of fused-ring (bicyclic) bond motifs is 1. The third kappa shape index (κ3) is 1.48. The minimum Gasteiger partial charge on any atom is -0.476 e. The Labute approximate surface area is 89.3 Å². The molecule has 0 aliphatic carbocycles. The van der Waals surface area contributed by atoms with Gasteiger partial charge in [-0.3, -0.25) is 5.10 Å². The van der Waals surface area contributed by atoms with Gasteiger partial charge >= 0.3 is 5.97 Å². The van der Waals surface area contributed by atoms with Crippen LogP contribution < -0.4 is 5.32 Å². The number of aromatic nitrogens is 3. The molecule has 0 aliphatic rings. The molecule has 6 nitrogen and oxygen atoms in total. The molecule has 0 aromatic carbocycles. The van der Waals surface area contributed by atoms with E-state index in [4.69, 9.17) is 16.7 Å². The van der Waals surface area contributed by atoms with Gasteiger partial charge in [-0.25, -0.2) is 9.78 Å². The molecular formula is C8H7ClN4O2. The summed E-state index contributed by atoms with van der Waals surface area (Å²) in [5.41, 5.74) is 0.468. The molecule has 0 saturated carbocycles. The van der Waals surface area contributed by atoms with E-state index in [1.165, 1.54) is 6.07 Å². The Morgan fingerprint density at radius 1 is 1.67 bits per heavy atom. The lowest BCUT2D eigenvalue weighted by atomic mass is 10.2. The van der Waals surface area contributed by atoms with E-state index in [9.17, 15) is 4.79 Å². The molecule has 0 radical (unpaired) electrons. The Bertz CT molecular complexity index is 537. The highest BCUT2D eigenvalue weighted by molar-refractivity contribution is 6.30. The van der Waals surface area contributed by atoms with Crippen LogP contribution in [0.15, 0.2) is 6.07 Å². The molecule has 2 rings (SSSR count). The number of aromatic carboxylic acids is 1. The largest absolute Gasteiger partial charge is 0.476 e. The van der Waals surface area contributed by atoms with Crippen LogP contribution in [0.5, 0.6) is 0 Å². The van der Waals surface area contributed by atoms with Crippen LogP contribution in [0, 0.1) is 0 Å². The summed E-state index contributed by atoms with van der Waals surface area (Å²) in [6.07, 6.45) is 0. The lowest BCUT2D eigenvalue weighted by Gasteiger charge is -2.01. The number of hydrogen-bond acceptors (Lipinski definition) is 4. The fraction of sp³-hybridized carbons (Fsp3) is 0.125. The minimum atomic E-state index is -1.11. The van der Waals surface area contributed by atoms with Gasteiger partial charge in [-0.2, -0.15) is 5.10 Å². The molecule has 2 aromatic heterocycles. The van der Waals surface area contributed by atoms with Gasteiger partial charge in [0.1, 0.15) is 11.0 Å². The molecule has 0 amide bonds. The number of nitrogens with one attached hydrogen (secondary N) is 2. The Kier molecular flexibility index (Phi) is 2.20. The standard InChI is InChI=1S/C8H7ClN4O2/c1-10-7-5-3(2-4(9)11-7)12-13-6(5)8(14)15/h2H,1H3,(H,10,11)(H,12,13)(H,14,15). The van der Waals surface area contributed by atoms with Crippen LogP contribution in [0.1, 0.15) is 10.5 Å². The Balaban J connectivity index is 2.83. The minimum absolute atomic E-state index is 0.0708. The van der Waals surface area contributed by atoms with Crippen LogP contribution in [0.3, 0.4) is 0 Å². The number of rotatable bonds is 2. The second-order valence-electron chi connectivity index (χ2n) is 2.84. The molecule has 3 N–H and O–H groups in total. The van der Waals surface area contributed by atoms with Crippen molar-refractivity contribution in [1.82, 2.24) is 15.2 Å². The SMILES string of the molecule is CNc1nc(Cl)cc2[nH]nc(C(=O)O)c12. The summed E-state index contributed by atoms with van der Waals surface area (Å²) < 4.78 is 0. The van der Waals surface area contributed by atoms with Crippen molar-refractivity contribution >= 4 is 34.3 Å². The summed E-state index contributed by atoms with van der Waals surface area (Å²) in [5.74, 6) is -0.717. The first-order valence-corrected chi connectivity index (χ1v) is 4.47. The smallest absolute Gasteiger partial charge is 0.357 e. The van der Waals surface area contributed by atoms with Gasteiger partial charge in [-0.15, -0.1) is 0 Å².